The van der Waals surface area contributed by atoms with Gasteiger partial charge in [-0.25, -0.2) is 9.78 Å². The van der Waals surface area contributed by atoms with E-state index in [4.69, 9.17) is 0 Å². The Morgan fingerprint density at radius 2 is 1.90 bits per heavy atom. The summed E-state index contributed by atoms with van der Waals surface area (Å²) in [5.74, 6) is 1.17. The molecule has 1 amide bonds. The van der Waals surface area contributed by atoms with Gasteiger partial charge in [0.25, 0.3) is 0 Å². The Balaban J connectivity index is 1.38. The molecule has 1 fully saturated rings. The number of para-hydroxylation sites is 1. The van der Waals surface area contributed by atoms with Gasteiger partial charge in [0, 0.05) is 46.8 Å². The summed E-state index contributed by atoms with van der Waals surface area (Å²) in [5, 5.41) is 25.9. The van der Waals surface area contributed by atoms with Crippen LogP contribution in [0.25, 0.3) is 10.9 Å². The molecule has 10 nitrogen and oxygen atoms in total. The number of carbonyl (C=O) groups is 1. The number of aromatic amines is 1. The van der Waals surface area contributed by atoms with E-state index in [9.17, 15) is 14.5 Å². The van der Waals surface area contributed by atoms with E-state index >= 15 is 0 Å². The average molecular weight is 562 g/mol. The monoisotopic (exact) mass is 561 g/mol. The Morgan fingerprint density at radius 3 is 2.62 bits per heavy atom. The number of nitrogens with one attached hydrogen (secondary N) is 3. The number of aromatic nitrogens is 4. The van der Waals surface area contributed by atoms with Gasteiger partial charge in [0.05, 0.1) is 11.2 Å². The molecule has 1 aliphatic rings. The molecule has 40 heavy (non-hydrogen) atoms. The molecule has 11 heteroatoms. The highest BCUT2D eigenvalue weighted by molar-refractivity contribution is 7.70. The first-order chi connectivity index (χ1) is 18.9. The molecule has 2 unspecified atom stereocenters. The molecule has 2 aromatic heterocycles. The molecule has 0 aliphatic carbocycles. The molecule has 4 N–H and O–H groups in total. The van der Waals surface area contributed by atoms with Gasteiger partial charge in [0.2, 0.25) is 5.95 Å². The molecule has 2 aromatic carbocycles. The third kappa shape index (κ3) is 5.82. The second-order valence-corrected chi connectivity index (χ2v) is 15.0. The van der Waals surface area contributed by atoms with Gasteiger partial charge in [-0.3, -0.25) is 5.10 Å². The smallest absolute Gasteiger partial charge is 0.407 e. The lowest BCUT2D eigenvalue weighted by Gasteiger charge is -2.44. The van der Waals surface area contributed by atoms with Crippen molar-refractivity contribution in [3.63, 3.8) is 0 Å². The largest absolute Gasteiger partial charge is 0.465 e. The highest BCUT2D eigenvalue weighted by Crippen LogP contribution is 2.41. The quantitative estimate of drug-likeness (QED) is 0.200. The summed E-state index contributed by atoms with van der Waals surface area (Å²) in [6.45, 7) is 10.3. The predicted octanol–water partition coefficient (Wildman–Crippen LogP) is 6.36. The molecule has 2 atom stereocenters. The highest BCUT2D eigenvalue weighted by Gasteiger charge is 2.39. The zero-order valence-corrected chi connectivity index (χ0v) is 24.4. The number of hydrogen-bond donors (Lipinski definition) is 4. The van der Waals surface area contributed by atoms with Crippen molar-refractivity contribution in [2.45, 2.75) is 45.6 Å². The van der Waals surface area contributed by atoms with Gasteiger partial charge in [0.15, 0.2) is 0 Å². The number of H-pyrrole nitrogens is 1. The Kier molecular flexibility index (Phi) is 7.31. The average Bonchev–Trinajstić information content (AvgIpc) is 3.31. The Morgan fingerprint density at radius 1 is 1.12 bits per heavy atom. The maximum absolute atomic E-state index is 12.8. The zero-order valence-electron chi connectivity index (χ0n) is 23.5. The fraction of sp³-hybridized carbons (Fsp3) is 0.379. The third-order valence-corrected chi connectivity index (χ3v) is 9.05. The molecule has 4 aromatic rings. The Bertz CT molecular complexity index is 1590. The lowest BCUT2D eigenvalue weighted by atomic mass is 9.76. The van der Waals surface area contributed by atoms with E-state index in [0.717, 1.165) is 46.1 Å². The van der Waals surface area contributed by atoms with Crippen LogP contribution in [-0.2, 0) is 4.57 Å². The molecule has 0 spiro atoms. The van der Waals surface area contributed by atoms with E-state index < -0.39 is 13.2 Å². The number of carboxylic acid groups (broad SMARTS) is 1. The zero-order chi connectivity index (χ0) is 28.7. The van der Waals surface area contributed by atoms with Crippen molar-refractivity contribution < 1.29 is 14.5 Å². The summed E-state index contributed by atoms with van der Waals surface area (Å²) in [5.41, 5.74) is 3.27. The van der Waals surface area contributed by atoms with Crippen LogP contribution in [0.1, 0.15) is 45.2 Å². The van der Waals surface area contributed by atoms with E-state index in [0.29, 0.717) is 18.3 Å². The number of amides is 1. The number of anilines is 4. The van der Waals surface area contributed by atoms with Crippen molar-refractivity contribution in [1.29, 1.82) is 0 Å². The summed E-state index contributed by atoms with van der Waals surface area (Å²) in [6, 6.07) is 15.1. The van der Waals surface area contributed by atoms with Crippen LogP contribution < -0.4 is 15.9 Å². The van der Waals surface area contributed by atoms with Gasteiger partial charge in [-0.05, 0) is 68.0 Å². The van der Waals surface area contributed by atoms with E-state index in [2.05, 4.69) is 51.6 Å². The van der Waals surface area contributed by atoms with Crippen molar-refractivity contribution in [2.75, 3.05) is 30.5 Å². The molecule has 5 rings (SSSR count). The van der Waals surface area contributed by atoms with Crippen LogP contribution in [0.2, 0.25) is 0 Å². The molecule has 1 saturated heterocycles. The van der Waals surface area contributed by atoms with Crippen molar-refractivity contribution in [2.24, 2.45) is 5.41 Å². The standard InChI is InChI=1S/C29H36N7O3P/c1-29(2,3)24-16-18(13-15-36(24)28(37)38)26-20-17-19(10-11-21(20)34-35-26)31-27-30-14-12-25(33-27)32-22-8-6-7-9-23(22)40(4,5)39/h6-12,14,17-18,24H,13,15-16H2,1-5H3,(H,34,35)(H,37,38)(H2,30,31,32,33). The van der Waals surface area contributed by atoms with Gasteiger partial charge in [-0.1, -0.05) is 32.9 Å². The number of piperidine rings is 1. The normalized spacial score (nSPS) is 18.1. The molecular weight excluding hydrogens is 525 g/mol. The topological polar surface area (TPSA) is 136 Å². The van der Waals surface area contributed by atoms with Crippen LogP contribution in [0.15, 0.2) is 54.7 Å². The van der Waals surface area contributed by atoms with Gasteiger partial charge in [-0.2, -0.15) is 10.1 Å². The predicted molar refractivity (Wildman–Crippen MR) is 160 cm³/mol. The number of hydrogen-bond acceptors (Lipinski definition) is 7. The third-order valence-electron chi connectivity index (χ3n) is 7.50. The molecule has 210 valence electrons. The molecule has 0 bridgehead atoms. The van der Waals surface area contributed by atoms with Gasteiger partial charge in [-0.15, -0.1) is 0 Å². The minimum Gasteiger partial charge on any atom is -0.465 e. The molecule has 0 radical (unpaired) electrons. The van der Waals surface area contributed by atoms with Gasteiger partial charge >= 0.3 is 6.09 Å². The molecule has 1 aliphatic heterocycles. The van der Waals surface area contributed by atoms with Crippen LogP contribution >= 0.6 is 7.14 Å². The van der Waals surface area contributed by atoms with Crippen molar-refractivity contribution in [3.8, 4) is 0 Å². The summed E-state index contributed by atoms with van der Waals surface area (Å²) in [7, 11) is -2.48. The number of nitrogens with zero attached hydrogens (tertiary/aromatic N) is 4. The van der Waals surface area contributed by atoms with Crippen LogP contribution in [0.3, 0.4) is 0 Å². The van der Waals surface area contributed by atoms with Crippen LogP contribution in [0.5, 0.6) is 0 Å². The first-order valence-corrected chi connectivity index (χ1v) is 16.0. The highest BCUT2D eigenvalue weighted by atomic mass is 31.2. The number of rotatable bonds is 6. The molecule has 0 saturated carbocycles. The van der Waals surface area contributed by atoms with Crippen molar-refractivity contribution >= 4 is 52.6 Å². The van der Waals surface area contributed by atoms with Crippen molar-refractivity contribution in [3.05, 3.63) is 60.4 Å². The van der Waals surface area contributed by atoms with Crippen LogP contribution in [-0.4, -0.2) is 62.2 Å². The minimum absolute atomic E-state index is 0.0912. The number of likely N-dealkylation sites (tertiary alicyclic amines) is 1. The lowest BCUT2D eigenvalue weighted by Crippen LogP contribution is -2.51. The maximum Gasteiger partial charge on any atom is 0.407 e. The first kappa shape index (κ1) is 27.6. The van der Waals surface area contributed by atoms with E-state index in [-0.39, 0.29) is 17.4 Å². The number of benzene rings is 2. The fourth-order valence-corrected chi connectivity index (χ4v) is 6.66. The second-order valence-electron chi connectivity index (χ2n) is 11.8. The molecule has 3 heterocycles. The minimum atomic E-state index is -2.48. The second kappa shape index (κ2) is 10.6. The summed E-state index contributed by atoms with van der Waals surface area (Å²) in [6.07, 6.45) is 2.26. The first-order valence-electron chi connectivity index (χ1n) is 13.4. The molecular formula is C29H36N7O3P. The van der Waals surface area contributed by atoms with Crippen LogP contribution in [0.4, 0.5) is 27.9 Å². The van der Waals surface area contributed by atoms with Gasteiger partial charge in [0.1, 0.15) is 13.0 Å². The van der Waals surface area contributed by atoms with E-state index in [1.165, 1.54) is 0 Å². The van der Waals surface area contributed by atoms with Gasteiger partial charge < -0.3 is 25.2 Å². The van der Waals surface area contributed by atoms with E-state index in [1.54, 1.807) is 30.5 Å². The fourth-order valence-electron chi connectivity index (χ4n) is 5.50. The number of fused-ring (bicyclic) bond motifs is 1. The summed E-state index contributed by atoms with van der Waals surface area (Å²) >= 11 is 0. The summed E-state index contributed by atoms with van der Waals surface area (Å²) < 4.78 is 12.8. The van der Waals surface area contributed by atoms with Crippen LogP contribution in [0, 0.1) is 5.41 Å². The maximum atomic E-state index is 12.8. The Labute approximate surface area is 234 Å². The summed E-state index contributed by atoms with van der Waals surface area (Å²) in [4.78, 5) is 22.5. The van der Waals surface area contributed by atoms with E-state index in [1.807, 2.05) is 42.5 Å². The Hall–Kier alpha value is -3.91. The lowest BCUT2D eigenvalue weighted by molar-refractivity contribution is 0.0522. The SMILES string of the molecule is CC(C)(C)C1CC(c2[nH]nc3ccc(Nc4nccc(Nc5ccccc5P(C)(C)=O)n4)cc23)CCN1C(=O)O. The van der Waals surface area contributed by atoms with Crippen molar-refractivity contribution in [1.82, 2.24) is 25.1 Å².